The summed E-state index contributed by atoms with van der Waals surface area (Å²) < 4.78 is 21.8. The van der Waals surface area contributed by atoms with Crippen LogP contribution in [0.3, 0.4) is 0 Å². The fraction of sp³-hybridized carbons (Fsp3) is 0.545. The van der Waals surface area contributed by atoms with Gasteiger partial charge < -0.3 is 59.8 Å². The van der Waals surface area contributed by atoms with Crippen molar-refractivity contribution in [3.63, 3.8) is 0 Å². The molecule has 0 spiro atoms. The van der Waals surface area contributed by atoms with Crippen molar-refractivity contribution in [3.05, 3.63) is 29.8 Å². The van der Waals surface area contributed by atoms with Gasteiger partial charge in [-0.3, -0.25) is 0 Å². The van der Waals surface area contributed by atoms with Gasteiger partial charge in [0, 0.05) is 5.39 Å². The maximum Gasteiger partial charge on any atom is 0.229 e. The Bertz CT molecular complexity index is 1020. The molecule has 9 atom stereocenters. The fourth-order valence-electron chi connectivity index (χ4n) is 4.05. The Kier molecular flexibility index (Phi) is 7.14. The minimum absolute atomic E-state index is 0.0424. The summed E-state index contributed by atoms with van der Waals surface area (Å²) in [5.41, 5.74) is 0.687. The van der Waals surface area contributed by atoms with E-state index in [9.17, 15) is 40.9 Å². The molecule has 34 heavy (non-hydrogen) atoms. The van der Waals surface area contributed by atoms with E-state index in [2.05, 4.69) is 0 Å². The second-order valence-corrected chi connectivity index (χ2v) is 8.51. The summed E-state index contributed by atoms with van der Waals surface area (Å²) >= 11 is 0. The summed E-state index contributed by atoms with van der Waals surface area (Å²) in [6.07, 6.45) is -13.4. The van der Waals surface area contributed by atoms with Gasteiger partial charge >= 0.3 is 0 Å². The number of fused-ring (bicyclic) bond motifs is 1. The predicted molar refractivity (Wildman–Crippen MR) is 113 cm³/mol. The maximum atomic E-state index is 10.4. The highest BCUT2D eigenvalue weighted by Gasteiger charge is 2.46. The van der Waals surface area contributed by atoms with Crippen molar-refractivity contribution in [3.8, 4) is 17.2 Å². The molecule has 4 rings (SSSR count). The van der Waals surface area contributed by atoms with Gasteiger partial charge in [0.2, 0.25) is 6.29 Å². The molecule has 2 fully saturated rings. The topological polar surface area (TPSA) is 199 Å². The van der Waals surface area contributed by atoms with Crippen molar-refractivity contribution in [1.29, 1.82) is 0 Å². The molecule has 2 aromatic carbocycles. The molecule has 2 aromatic rings. The lowest BCUT2D eigenvalue weighted by Gasteiger charge is -2.41. The number of phenols is 2. The van der Waals surface area contributed by atoms with E-state index >= 15 is 0 Å². The number of aliphatic hydroxyl groups excluding tert-OH is 6. The number of phenolic OH excluding ortho intramolecular Hbond substituents is 2. The third kappa shape index (κ3) is 4.64. The Labute approximate surface area is 193 Å². The van der Waals surface area contributed by atoms with Crippen LogP contribution in [0, 0.1) is 6.92 Å². The van der Waals surface area contributed by atoms with E-state index in [1.54, 1.807) is 13.0 Å². The summed E-state index contributed by atoms with van der Waals surface area (Å²) in [7, 11) is 0. The molecule has 0 bridgehead atoms. The molecule has 0 amide bonds. The van der Waals surface area contributed by atoms with Crippen LogP contribution in [0.5, 0.6) is 17.2 Å². The van der Waals surface area contributed by atoms with E-state index in [1.807, 2.05) is 0 Å². The third-order valence-electron chi connectivity index (χ3n) is 5.97. The van der Waals surface area contributed by atoms with Gasteiger partial charge in [-0.25, -0.2) is 0 Å². The Morgan fingerprint density at radius 3 is 2.29 bits per heavy atom. The lowest BCUT2D eigenvalue weighted by atomic mass is 9.99. The first-order valence-electron chi connectivity index (χ1n) is 10.7. The van der Waals surface area contributed by atoms with E-state index in [4.69, 9.17) is 18.9 Å². The van der Waals surface area contributed by atoms with E-state index < -0.39 is 61.9 Å². The van der Waals surface area contributed by atoms with Gasteiger partial charge in [-0.05, 0) is 36.8 Å². The molecule has 12 nitrogen and oxygen atoms in total. The number of rotatable bonds is 5. The number of aliphatic hydroxyl groups is 6. The fourth-order valence-corrected chi connectivity index (χ4v) is 4.05. The molecule has 0 radical (unpaired) electrons. The predicted octanol–water partition coefficient (Wildman–Crippen LogP) is -1.80. The van der Waals surface area contributed by atoms with Gasteiger partial charge in [0.1, 0.15) is 60.0 Å². The van der Waals surface area contributed by atoms with Gasteiger partial charge in [-0.1, -0.05) is 0 Å². The molecular formula is C22H28O12. The van der Waals surface area contributed by atoms with Gasteiger partial charge in [0.05, 0.1) is 18.6 Å². The molecular weight excluding hydrogens is 456 g/mol. The van der Waals surface area contributed by atoms with Crippen LogP contribution in [0.1, 0.15) is 5.56 Å². The lowest BCUT2D eigenvalue weighted by molar-refractivity contribution is -0.307. The Morgan fingerprint density at radius 2 is 1.56 bits per heavy atom. The molecule has 2 saturated heterocycles. The maximum absolute atomic E-state index is 10.4. The van der Waals surface area contributed by atoms with Crippen LogP contribution in [0.25, 0.3) is 10.8 Å². The Balaban J connectivity index is 1.51. The van der Waals surface area contributed by atoms with Crippen LogP contribution in [-0.2, 0) is 14.2 Å². The molecule has 188 valence electrons. The van der Waals surface area contributed by atoms with Crippen LogP contribution in [0.4, 0.5) is 0 Å². The molecule has 2 aliphatic rings. The Morgan fingerprint density at radius 1 is 0.853 bits per heavy atom. The second kappa shape index (κ2) is 9.77. The van der Waals surface area contributed by atoms with Crippen molar-refractivity contribution in [2.45, 2.75) is 62.2 Å². The summed E-state index contributed by atoms with van der Waals surface area (Å²) in [6, 6.07) is 5.78. The van der Waals surface area contributed by atoms with Gasteiger partial charge in [0.25, 0.3) is 0 Å². The minimum Gasteiger partial charge on any atom is -0.507 e. The second-order valence-electron chi connectivity index (χ2n) is 8.51. The zero-order chi connectivity index (χ0) is 24.7. The van der Waals surface area contributed by atoms with Crippen LogP contribution in [-0.4, -0.2) is 109 Å². The first kappa shape index (κ1) is 24.9. The molecule has 0 saturated carbocycles. The van der Waals surface area contributed by atoms with E-state index in [0.29, 0.717) is 10.9 Å². The molecule has 2 aliphatic heterocycles. The SMILES string of the molecule is Cc1cc(O)c2c(OC3OC(COC4OCC(O)C(O)C4O)C(O)C(O)C3O)ccc(O)c2c1. The van der Waals surface area contributed by atoms with E-state index in [1.165, 1.54) is 18.2 Å². The molecule has 8 N–H and O–H groups in total. The monoisotopic (exact) mass is 484 g/mol. The first-order chi connectivity index (χ1) is 16.1. The number of aryl methyl sites for hydroxylation is 1. The van der Waals surface area contributed by atoms with Crippen molar-refractivity contribution in [1.82, 2.24) is 0 Å². The van der Waals surface area contributed by atoms with Crippen molar-refractivity contribution >= 4 is 10.8 Å². The summed E-state index contributed by atoms with van der Waals surface area (Å²) in [6.45, 7) is 1.01. The average Bonchev–Trinajstić information content (AvgIpc) is 2.79. The average molecular weight is 484 g/mol. The van der Waals surface area contributed by atoms with E-state index in [-0.39, 0.29) is 29.2 Å². The number of ether oxygens (including phenoxy) is 4. The van der Waals surface area contributed by atoms with E-state index in [0.717, 1.165) is 0 Å². The highest BCUT2D eigenvalue weighted by Crippen LogP contribution is 2.40. The van der Waals surface area contributed by atoms with Crippen LogP contribution < -0.4 is 4.74 Å². The highest BCUT2D eigenvalue weighted by atomic mass is 16.7. The minimum atomic E-state index is -1.70. The normalized spacial score (nSPS) is 36.5. The van der Waals surface area contributed by atoms with Gasteiger partial charge in [-0.15, -0.1) is 0 Å². The lowest BCUT2D eigenvalue weighted by Crippen LogP contribution is -2.61. The Hall–Kier alpha value is -2.26. The summed E-state index contributed by atoms with van der Waals surface area (Å²) in [5.74, 6) is -0.247. The number of hydrogen-bond acceptors (Lipinski definition) is 12. The zero-order valence-corrected chi connectivity index (χ0v) is 18.1. The molecule has 2 heterocycles. The highest BCUT2D eigenvalue weighted by molar-refractivity contribution is 5.98. The molecule has 9 unspecified atom stereocenters. The van der Waals surface area contributed by atoms with Crippen molar-refractivity contribution in [2.75, 3.05) is 13.2 Å². The summed E-state index contributed by atoms with van der Waals surface area (Å²) in [4.78, 5) is 0. The largest absolute Gasteiger partial charge is 0.507 e. The van der Waals surface area contributed by atoms with Gasteiger partial charge in [-0.2, -0.15) is 0 Å². The zero-order valence-electron chi connectivity index (χ0n) is 18.1. The first-order valence-corrected chi connectivity index (χ1v) is 10.7. The van der Waals surface area contributed by atoms with Gasteiger partial charge in [0.15, 0.2) is 6.29 Å². The number of aromatic hydroxyl groups is 2. The van der Waals surface area contributed by atoms with Crippen LogP contribution in [0.2, 0.25) is 0 Å². The molecule has 12 heteroatoms. The third-order valence-corrected chi connectivity index (χ3v) is 5.97. The van der Waals surface area contributed by atoms with Crippen molar-refractivity contribution < 1.29 is 59.8 Å². The van der Waals surface area contributed by atoms with Crippen molar-refractivity contribution in [2.24, 2.45) is 0 Å². The molecule has 0 aliphatic carbocycles. The smallest absolute Gasteiger partial charge is 0.229 e. The van der Waals surface area contributed by atoms with Crippen LogP contribution >= 0.6 is 0 Å². The van der Waals surface area contributed by atoms with Crippen LogP contribution in [0.15, 0.2) is 24.3 Å². The molecule has 0 aromatic heterocycles. The number of benzene rings is 2. The quantitative estimate of drug-likeness (QED) is 0.237. The summed E-state index contributed by atoms with van der Waals surface area (Å²) in [5, 5.41) is 81.4. The standard InChI is InChI=1S/C22H28O12/c1-8-4-9-10(23)2-3-13(15(9)11(24)5-8)33-22-20(30)18(28)17(27)14(34-22)7-32-21-19(29)16(26)12(25)6-31-21/h2-5,12,14,16-30H,6-7H2,1H3. The number of hydrogen-bond donors (Lipinski definition) is 8.